The minimum Gasteiger partial charge on any atom is -0.372 e. The molecule has 0 spiro atoms. The molecule has 0 bridgehead atoms. The van der Waals surface area contributed by atoms with Gasteiger partial charge in [-0.25, -0.2) is 9.37 Å². The standard InChI is InChI=1S/C13H18FN3O/c1-3-10-5-4-6-17(10)13(18)11-7-9(14)8-16-12(11)15-2/h7-8,10H,3-6H2,1-2H3,(H,15,16). The van der Waals surface area contributed by atoms with Gasteiger partial charge in [-0.05, 0) is 25.3 Å². The summed E-state index contributed by atoms with van der Waals surface area (Å²) in [5.74, 6) is -0.177. The van der Waals surface area contributed by atoms with Crippen molar-refractivity contribution < 1.29 is 9.18 Å². The van der Waals surface area contributed by atoms with E-state index in [1.54, 1.807) is 7.05 Å². The molecule has 0 saturated carbocycles. The number of hydrogen-bond donors (Lipinski definition) is 1. The summed E-state index contributed by atoms with van der Waals surface area (Å²) in [7, 11) is 1.68. The fraction of sp³-hybridized carbons (Fsp3) is 0.538. The zero-order valence-electron chi connectivity index (χ0n) is 10.7. The van der Waals surface area contributed by atoms with Gasteiger partial charge in [0.1, 0.15) is 11.6 Å². The van der Waals surface area contributed by atoms with Gasteiger partial charge in [0, 0.05) is 19.6 Å². The molecule has 1 aromatic rings. The molecular formula is C13H18FN3O. The Hall–Kier alpha value is -1.65. The van der Waals surface area contributed by atoms with E-state index in [1.165, 1.54) is 6.07 Å². The highest BCUT2D eigenvalue weighted by molar-refractivity contribution is 5.99. The highest BCUT2D eigenvalue weighted by Crippen LogP contribution is 2.24. The quantitative estimate of drug-likeness (QED) is 0.896. The lowest BCUT2D eigenvalue weighted by molar-refractivity contribution is 0.0734. The zero-order valence-corrected chi connectivity index (χ0v) is 10.7. The van der Waals surface area contributed by atoms with Crippen molar-refractivity contribution in [1.82, 2.24) is 9.88 Å². The number of carbonyl (C=O) groups excluding carboxylic acids is 1. The molecule has 0 aromatic carbocycles. The molecule has 1 atom stereocenters. The first-order valence-corrected chi connectivity index (χ1v) is 6.31. The number of nitrogens with zero attached hydrogens (tertiary/aromatic N) is 2. The predicted octanol–water partition coefficient (Wildman–Crippen LogP) is 2.28. The van der Waals surface area contributed by atoms with Crippen LogP contribution >= 0.6 is 0 Å². The van der Waals surface area contributed by atoms with E-state index in [2.05, 4.69) is 17.2 Å². The fourth-order valence-electron chi connectivity index (χ4n) is 2.48. The molecule has 1 amide bonds. The molecule has 2 rings (SSSR count). The van der Waals surface area contributed by atoms with E-state index in [-0.39, 0.29) is 11.9 Å². The number of rotatable bonds is 3. The van der Waals surface area contributed by atoms with Crippen molar-refractivity contribution in [2.75, 3.05) is 18.9 Å². The smallest absolute Gasteiger partial charge is 0.257 e. The number of hydrogen-bond acceptors (Lipinski definition) is 3. The number of aromatic nitrogens is 1. The molecular weight excluding hydrogens is 233 g/mol. The average molecular weight is 251 g/mol. The van der Waals surface area contributed by atoms with Crippen LogP contribution in [0.4, 0.5) is 10.2 Å². The molecule has 5 heteroatoms. The molecule has 0 aliphatic carbocycles. The second-order valence-corrected chi connectivity index (χ2v) is 4.50. The first-order valence-electron chi connectivity index (χ1n) is 6.31. The van der Waals surface area contributed by atoms with Gasteiger partial charge in [0.05, 0.1) is 11.8 Å². The van der Waals surface area contributed by atoms with Crippen molar-refractivity contribution in [2.45, 2.75) is 32.2 Å². The predicted molar refractivity (Wildman–Crippen MR) is 68.1 cm³/mol. The van der Waals surface area contributed by atoms with Crippen molar-refractivity contribution in [3.05, 3.63) is 23.6 Å². The maximum absolute atomic E-state index is 13.2. The van der Waals surface area contributed by atoms with Crippen molar-refractivity contribution in [3.63, 3.8) is 0 Å². The topological polar surface area (TPSA) is 45.2 Å². The molecule has 1 saturated heterocycles. The Morgan fingerprint density at radius 1 is 1.67 bits per heavy atom. The summed E-state index contributed by atoms with van der Waals surface area (Å²) in [4.78, 5) is 18.2. The molecule has 1 aromatic heterocycles. The van der Waals surface area contributed by atoms with Gasteiger partial charge in [0.15, 0.2) is 0 Å². The molecule has 1 aliphatic rings. The second-order valence-electron chi connectivity index (χ2n) is 4.50. The number of carbonyl (C=O) groups is 1. The molecule has 0 radical (unpaired) electrons. The van der Waals surface area contributed by atoms with Crippen molar-refractivity contribution in [3.8, 4) is 0 Å². The van der Waals surface area contributed by atoms with Crippen molar-refractivity contribution in [1.29, 1.82) is 0 Å². The summed E-state index contributed by atoms with van der Waals surface area (Å²) in [5, 5.41) is 2.83. The summed E-state index contributed by atoms with van der Waals surface area (Å²) < 4.78 is 13.2. The Morgan fingerprint density at radius 3 is 3.11 bits per heavy atom. The van der Waals surface area contributed by atoms with E-state index >= 15 is 0 Å². The van der Waals surface area contributed by atoms with E-state index in [0.29, 0.717) is 11.4 Å². The number of anilines is 1. The molecule has 98 valence electrons. The van der Waals surface area contributed by atoms with Crippen LogP contribution in [0.25, 0.3) is 0 Å². The number of halogens is 1. The molecule has 18 heavy (non-hydrogen) atoms. The lowest BCUT2D eigenvalue weighted by Gasteiger charge is -2.24. The van der Waals surface area contributed by atoms with Crippen molar-refractivity contribution >= 4 is 11.7 Å². The third-order valence-corrected chi connectivity index (χ3v) is 3.43. The Labute approximate surface area is 106 Å². The van der Waals surface area contributed by atoms with Crippen LogP contribution in [0.15, 0.2) is 12.3 Å². The van der Waals surface area contributed by atoms with Crippen LogP contribution in [0, 0.1) is 5.82 Å². The van der Waals surface area contributed by atoms with Gasteiger partial charge in [-0.3, -0.25) is 4.79 Å². The maximum Gasteiger partial charge on any atom is 0.257 e. The first-order chi connectivity index (χ1) is 8.67. The van der Waals surface area contributed by atoms with Crippen molar-refractivity contribution in [2.24, 2.45) is 0 Å². The zero-order chi connectivity index (χ0) is 13.1. The largest absolute Gasteiger partial charge is 0.372 e. The van der Waals surface area contributed by atoms with E-state index < -0.39 is 5.82 Å². The van der Waals surface area contributed by atoms with Gasteiger partial charge >= 0.3 is 0 Å². The number of likely N-dealkylation sites (tertiary alicyclic amines) is 1. The molecule has 1 unspecified atom stereocenters. The number of amides is 1. The monoisotopic (exact) mass is 251 g/mol. The lowest BCUT2D eigenvalue weighted by atomic mass is 10.1. The normalized spacial score (nSPS) is 19.1. The van der Waals surface area contributed by atoms with E-state index in [4.69, 9.17) is 0 Å². The molecule has 2 heterocycles. The van der Waals surface area contributed by atoms with Crippen LogP contribution in [0.3, 0.4) is 0 Å². The van der Waals surface area contributed by atoms with Gasteiger partial charge in [0.25, 0.3) is 5.91 Å². The summed E-state index contributed by atoms with van der Waals surface area (Å²) in [5.41, 5.74) is 0.317. The van der Waals surface area contributed by atoms with Crippen LogP contribution in [-0.4, -0.2) is 35.4 Å². The van der Waals surface area contributed by atoms with E-state index in [0.717, 1.165) is 32.0 Å². The van der Waals surface area contributed by atoms with Crippen LogP contribution in [-0.2, 0) is 0 Å². The van der Waals surface area contributed by atoms with Gasteiger partial charge in [-0.1, -0.05) is 6.92 Å². The lowest BCUT2D eigenvalue weighted by Crippen LogP contribution is -2.35. The van der Waals surface area contributed by atoms with Gasteiger partial charge in [-0.15, -0.1) is 0 Å². The summed E-state index contributed by atoms with van der Waals surface area (Å²) in [6.45, 7) is 2.82. The van der Waals surface area contributed by atoms with Gasteiger partial charge < -0.3 is 10.2 Å². The van der Waals surface area contributed by atoms with E-state index in [1.807, 2.05) is 4.90 Å². The molecule has 1 aliphatic heterocycles. The second kappa shape index (κ2) is 5.33. The molecule has 1 N–H and O–H groups in total. The maximum atomic E-state index is 13.2. The minimum absolute atomic E-state index is 0.129. The summed E-state index contributed by atoms with van der Waals surface area (Å²) in [6.07, 6.45) is 4.09. The molecule has 1 fully saturated rings. The number of nitrogens with one attached hydrogen (secondary N) is 1. The minimum atomic E-state index is -0.482. The van der Waals surface area contributed by atoms with Crippen LogP contribution < -0.4 is 5.32 Å². The van der Waals surface area contributed by atoms with Crippen LogP contribution in [0.1, 0.15) is 36.5 Å². The van der Waals surface area contributed by atoms with Gasteiger partial charge in [-0.2, -0.15) is 0 Å². The fourth-order valence-corrected chi connectivity index (χ4v) is 2.48. The summed E-state index contributed by atoms with van der Waals surface area (Å²) in [6, 6.07) is 1.53. The highest BCUT2D eigenvalue weighted by Gasteiger charge is 2.29. The Morgan fingerprint density at radius 2 is 2.44 bits per heavy atom. The number of pyridine rings is 1. The Bertz CT molecular complexity index is 450. The molecule has 4 nitrogen and oxygen atoms in total. The van der Waals surface area contributed by atoms with Crippen LogP contribution in [0.2, 0.25) is 0 Å². The van der Waals surface area contributed by atoms with Gasteiger partial charge in [0.2, 0.25) is 0 Å². The SMILES string of the molecule is CCC1CCCN1C(=O)c1cc(F)cnc1NC. The van der Waals surface area contributed by atoms with E-state index in [9.17, 15) is 9.18 Å². The first kappa shape index (κ1) is 12.8. The average Bonchev–Trinajstić information content (AvgIpc) is 2.86. The highest BCUT2D eigenvalue weighted by atomic mass is 19.1. The third kappa shape index (κ3) is 2.30. The van der Waals surface area contributed by atoms with Crippen LogP contribution in [0.5, 0.6) is 0 Å². The Kier molecular flexibility index (Phi) is 3.79. The Balaban J connectivity index is 2.30. The summed E-state index contributed by atoms with van der Waals surface area (Å²) >= 11 is 0. The third-order valence-electron chi connectivity index (χ3n) is 3.43.